The van der Waals surface area contributed by atoms with Gasteiger partial charge in [0.15, 0.2) is 0 Å². The van der Waals surface area contributed by atoms with Gasteiger partial charge >= 0.3 is 6.03 Å². The van der Waals surface area contributed by atoms with Crippen molar-refractivity contribution < 1.29 is 4.79 Å². The minimum absolute atomic E-state index is 0.141. The van der Waals surface area contributed by atoms with Gasteiger partial charge in [0.1, 0.15) is 0 Å². The van der Waals surface area contributed by atoms with Crippen LogP contribution in [0.3, 0.4) is 0 Å². The molecule has 140 valence electrons. The minimum Gasteiger partial charge on any atom is -0.339 e. The molecular weight excluding hydrogens is 385 g/mol. The maximum atomic E-state index is 12.5. The molecule has 2 heterocycles. The number of hydrogen-bond donors (Lipinski definition) is 1. The molecule has 0 saturated carbocycles. The number of imidazole rings is 1. The van der Waals surface area contributed by atoms with E-state index in [1.807, 2.05) is 25.2 Å². The predicted octanol–water partition coefficient (Wildman–Crippen LogP) is 4.23. The zero-order chi connectivity index (χ0) is 19.0. The van der Waals surface area contributed by atoms with Crippen molar-refractivity contribution in [1.29, 1.82) is 0 Å². The van der Waals surface area contributed by atoms with E-state index in [9.17, 15) is 4.79 Å². The number of aromatic nitrogens is 2. The second-order valence-corrected chi connectivity index (χ2v) is 7.31. The first kappa shape index (κ1) is 17.9. The Labute approximate surface area is 167 Å². The van der Waals surface area contributed by atoms with Crippen LogP contribution in [0, 0.1) is 0 Å². The Balaban J connectivity index is 1.41. The van der Waals surface area contributed by atoms with Gasteiger partial charge in [-0.05, 0) is 30.3 Å². The fourth-order valence-electron chi connectivity index (χ4n) is 3.30. The molecule has 1 fully saturated rings. The molecule has 1 N–H and O–H groups in total. The SMILES string of the molecule is Cn1c(N2CCN(C(=O)Nc3ccc(Cl)c(Cl)c3)CC2)nc2ccccc21. The average Bonchev–Trinajstić information content (AvgIpc) is 3.02. The molecule has 0 radical (unpaired) electrons. The van der Waals surface area contributed by atoms with Gasteiger partial charge in [0.05, 0.1) is 21.1 Å². The summed E-state index contributed by atoms with van der Waals surface area (Å²) in [6.45, 7) is 2.70. The summed E-state index contributed by atoms with van der Waals surface area (Å²) in [5.74, 6) is 0.931. The molecular formula is C19H19Cl2N5O. The van der Waals surface area contributed by atoms with Crippen LogP contribution in [0.25, 0.3) is 11.0 Å². The molecule has 27 heavy (non-hydrogen) atoms. The van der Waals surface area contributed by atoms with E-state index in [2.05, 4.69) is 20.9 Å². The number of halogens is 2. The third-order valence-electron chi connectivity index (χ3n) is 4.78. The summed E-state index contributed by atoms with van der Waals surface area (Å²) in [6, 6.07) is 13.0. The second kappa shape index (κ2) is 7.29. The third-order valence-corrected chi connectivity index (χ3v) is 5.52. The van der Waals surface area contributed by atoms with Gasteiger partial charge in [-0.1, -0.05) is 35.3 Å². The molecule has 4 rings (SSSR count). The monoisotopic (exact) mass is 403 g/mol. The number of para-hydroxylation sites is 2. The number of carbonyl (C=O) groups is 1. The molecule has 1 aromatic heterocycles. The molecule has 1 aliphatic heterocycles. The topological polar surface area (TPSA) is 53.4 Å². The Kier molecular flexibility index (Phi) is 4.85. The molecule has 1 aliphatic rings. The van der Waals surface area contributed by atoms with Crippen LogP contribution in [0.4, 0.5) is 16.4 Å². The van der Waals surface area contributed by atoms with Crippen LogP contribution in [0.1, 0.15) is 0 Å². The van der Waals surface area contributed by atoms with Gasteiger partial charge in [0.2, 0.25) is 5.95 Å². The zero-order valence-corrected chi connectivity index (χ0v) is 16.3. The summed E-state index contributed by atoms with van der Waals surface area (Å²) >= 11 is 11.9. The highest BCUT2D eigenvalue weighted by Crippen LogP contribution is 2.26. The lowest BCUT2D eigenvalue weighted by atomic mass is 10.3. The van der Waals surface area contributed by atoms with Crippen molar-refractivity contribution >= 4 is 51.9 Å². The van der Waals surface area contributed by atoms with Crippen molar-refractivity contribution in [2.24, 2.45) is 7.05 Å². The van der Waals surface area contributed by atoms with Crippen LogP contribution < -0.4 is 10.2 Å². The number of aryl methyl sites for hydroxylation is 1. The first-order valence-corrected chi connectivity index (χ1v) is 9.46. The van der Waals surface area contributed by atoms with Gasteiger partial charge in [-0.15, -0.1) is 0 Å². The van der Waals surface area contributed by atoms with Crippen LogP contribution in [0.5, 0.6) is 0 Å². The van der Waals surface area contributed by atoms with Gasteiger partial charge in [-0.3, -0.25) is 0 Å². The molecule has 2 aromatic carbocycles. The molecule has 0 aliphatic carbocycles. The highest BCUT2D eigenvalue weighted by atomic mass is 35.5. The van der Waals surface area contributed by atoms with E-state index >= 15 is 0 Å². The molecule has 8 heteroatoms. The Morgan fingerprint density at radius 1 is 1.04 bits per heavy atom. The van der Waals surface area contributed by atoms with E-state index in [1.165, 1.54) is 0 Å². The third kappa shape index (κ3) is 3.55. The number of nitrogens with zero attached hydrogens (tertiary/aromatic N) is 4. The van der Waals surface area contributed by atoms with Crippen LogP contribution >= 0.6 is 23.2 Å². The average molecular weight is 404 g/mol. The maximum Gasteiger partial charge on any atom is 0.321 e. The summed E-state index contributed by atoms with van der Waals surface area (Å²) in [5, 5.41) is 3.75. The molecule has 2 amide bonds. The summed E-state index contributed by atoms with van der Waals surface area (Å²) < 4.78 is 2.10. The van der Waals surface area contributed by atoms with Crippen LogP contribution in [-0.4, -0.2) is 46.7 Å². The molecule has 6 nitrogen and oxygen atoms in total. The Bertz CT molecular complexity index is 995. The van der Waals surface area contributed by atoms with Gasteiger partial charge in [0.25, 0.3) is 0 Å². The lowest BCUT2D eigenvalue weighted by Crippen LogP contribution is -2.50. The molecule has 3 aromatic rings. The van der Waals surface area contributed by atoms with Crippen molar-refractivity contribution in [1.82, 2.24) is 14.5 Å². The van der Waals surface area contributed by atoms with Crippen molar-refractivity contribution in [2.75, 3.05) is 36.4 Å². The predicted molar refractivity (Wildman–Crippen MR) is 110 cm³/mol. The van der Waals surface area contributed by atoms with Crippen molar-refractivity contribution in [3.8, 4) is 0 Å². The van der Waals surface area contributed by atoms with Crippen LogP contribution in [-0.2, 0) is 7.05 Å². The molecule has 0 unspecified atom stereocenters. The minimum atomic E-state index is -0.141. The lowest BCUT2D eigenvalue weighted by Gasteiger charge is -2.35. The van der Waals surface area contributed by atoms with Gasteiger partial charge in [0, 0.05) is 38.9 Å². The Morgan fingerprint density at radius 3 is 2.48 bits per heavy atom. The standard InChI is InChI=1S/C19H19Cl2N5O/c1-24-17-5-3-2-4-16(17)23-18(24)25-8-10-26(11-9-25)19(27)22-13-6-7-14(20)15(21)12-13/h2-7,12H,8-11H2,1H3,(H,22,27). The number of fused-ring (bicyclic) bond motifs is 1. The number of piperazine rings is 1. The fourth-order valence-corrected chi connectivity index (χ4v) is 3.60. The first-order valence-electron chi connectivity index (χ1n) is 8.70. The smallest absolute Gasteiger partial charge is 0.321 e. The molecule has 0 bridgehead atoms. The maximum absolute atomic E-state index is 12.5. The van der Waals surface area contributed by atoms with Crippen molar-refractivity contribution in [3.63, 3.8) is 0 Å². The summed E-state index contributed by atoms with van der Waals surface area (Å²) in [4.78, 5) is 21.3. The van der Waals surface area contributed by atoms with Gasteiger partial charge in [-0.2, -0.15) is 0 Å². The normalized spacial score (nSPS) is 14.6. The van der Waals surface area contributed by atoms with Crippen LogP contribution in [0.2, 0.25) is 10.0 Å². The molecule has 1 saturated heterocycles. The number of benzene rings is 2. The second-order valence-electron chi connectivity index (χ2n) is 6.49. The highest BCUT2D eigenvalue weighted by molar-refractivity contribution is 6.42. The van der Waals surface area contributed by atoms with E-state index < -0.39 is 0 Å². The molecule has 0 atom stereocenters. The summed E-state index contributed by atoms with van der Waals surface area (Å²) in [5.41, 5.74) is 2.72. The number of anilines is 2. The van der Waals surface area contributed by atoms with Crippen molar-refractivity contribution in [3.05, 3.63) is 52.5 Å². The van der Waals surface area contributed by atoms with Crippen molar-refractivity contribution in [2.45, 2.75) is 0 Å². The van der Waals surface area contributed by atoms with Gasteiger partial charge in [-0.25, -0.2) is 9.78 Å². The Hall–Kier alpha value is -2.44. The number of urea groups is 1. The first-order chi connectivity index (χ1) is 13.0. The van der Waals surface area contributed by atoms with E-state index in [0.717, 1.165) is 30.1 Å². The van der Waals surface area contributed by atoms with E-state index in [0.29, 0.717) is 28.8 Å². The molecule has 0 spiro atoms. The number of hydrogen-bond acceptors (Lipinski definition) is 3. The largest absolute Gasteiger partial charge is 0.339 e. The summed E-state index contributed by atoms with van der Waals surface area (Å²) in [6.07, 6.45) is 0. The number of nitrogens with one attached hydrogen (secondary N) is 1. The van der Waals surface area contributed by atoms with E-state index in [1.54, 1.807) is 23.1 Å². The Morgan fingerprint density at radius 2 is 1.78 bits per heavy atom. The summed E-state index contributed by atoms with van der Waals surface area (Å²) in [7, 11) is 2.02. The fraction of sp³-hybridized carbons (Fsp3) is 0.263. The van der Waals surface area contributed by atoms with E-state index in [4.69, 9.17) is 28.2 Å². The number of rotatable bonds is 2. The lowest BCUT2D eigenvalue weighted by molar-refractivity contribution is 0.208. The van der Waals surface area contributed by atoms with Crippen LogP contribution in [0.15, 0.2) is 42.5 Å². The van der Waals surface area contributed by atoms with Gasteiger partial charge < -0.3 is 19.7 Å². The number of amides is 2. The zero-order valence-electron chi connectivity index (χ0n) is 14.8. The quantitative estimate of drug-likeness (QED) is 0.696. The van der Waals surface area contributed by atoms with E-state index in [-0.39, 0.29) is 6.03 Å². The highest BCUT2D eigenvalue weighted by Gasteiger charge is 2.24. The number of carbonyl (C=O) groups excluding carboxylic acids is 1.